The normalized spacial score (nSPS) is 26.9. The SMILES string of the molecule is O=C1C2=C(O)C(O)C=CN2N2CN1C/C=C\COc1cccc3c1[C@@H]2c1ccccc1CC3. The zero-order chi connectivity index (χ0) is 22.5. The highest BCUT2D eigenvalue weighted by Crippen LogP contribution is 2.44. The van der Waals surface area contributed by atoms with Crippen LogP contribution in [0.25, 0.3) is 0 Å². The van der Waals surface area contributed by atoms with E-state index in [4.69, 9.17) is 4.74 Å². The van der Waals surface area contributed by atoms with Gasteiger partial charge in [-0.05, 0) is 47.8 Å². The Morgan fingerprint density at radius 2 is 1.82 bits per heavy atom. The van der Waals surface area contributed by atoms with Crippen LogP contribution >= 0.6 is 0 Å². The van der Waals surface area contributed by atoms with Gasteiger partial charge in [-0.2, -0.15) is 5.01 Å². The van der Waals surface area contributed by atoms with Crippen molar-refractivity contribution >= 4 is 5.91 Å². The molecule has 2 N–H and O–H groups in total. The summed E-state index contributed by atoms with van der Waals surface area (Å²) in [6.45, 7) is 1.11. The summed E-state index contributed by atoms with van der Waals surface area (Å²) < 4.78 is 6.23. The molecule has 2 unspecified atom stereocenters. The maximum absolute atomic E-state index is 13.3. The van der Waals surface area contributed by atoms with Crippen molar-refractivity contribution in [2.75, 3.05) is 19.8 Å². The second-order valence-electron chi connectivity index (χ2n) is 8.69. The minimum atomic E-state index is -1.21. The fourth-order valence-electron chi connectivity index (χ4n) is 5.23. The van der Waals surface area contributed by atoms with Crippen LogP contribution in [0.4, 0.5) is 0 Å². The van der Waals surface area contributed by atoms with Gasteiger partial charge in [0.15, 0.2) is 11.5 Å². The van der Waals surface area contributed by atoms with Crippen molar-refractivity contribution < 1.29 is 19.7 Å². The monoisotopic (exact) mass is 443 g/mol. The van der Waals surface area contributed by atoms with Crippen molar-refractivity contribution in [3.8, 4) is 5.75 Å². The Morgan fingerprint density at radius 3 is 2.73 bits per heavy atom. The number of ether oxygens (including phenoxy) is 1. The summed E-state index contributed by atoms with van der Waals surface area (Å²) in [6.07, 6.45) is 7.58. The molecule has 33 heavy (non-hydrogen) atoms. The third-order valence-corrected chi connectivity index (χ3v) is 6.81. The first-order valence-corrected chi connectivity index (χ1v) is 11.3. The molecule has 1 aliphatic carbocycles. The number of carbonyl (C=O) groups is 1. The molecule has 3 atom stereocenters. The lowest BCUT2D eigenvalue weighted by molar-refractivity contribution is -0.148. The minimum absolute atomic E-state index is 0.0885. The first-order valence-electron chi connectivity index (χ1n) is 11.3. The Bertz CT molecular complexity index is 1220. The van der Waals surface area contributed by atoms with Crippen molar-refractivity contribution in [1.82, 2.24) is 14.9 Å². The fraction of sp³-hybridized carbons (Fsp3) is 0.269. The Kier molecular flexibility index (Phi) is 4.74. The molecular weight excluding hydrogens is 418 g/mol. The summed E-state index contributed by atoms with van der Waals surface area (Å²) in [5.74, 6) is 0.176. The quantitative estimate of drug-likeness (QED) is 0.610. The fourth-order valence-corrected chi connectivity index (χ4v) is 5.23. The number of aliphatic hydroxyl groups is 2. The first kappa shape index (κ1) is 20.1. The highest BCUT2D eigenvalue weighted by molar-refractivity contribution is 5.94. The molecule has 2 aromatic rings. The minimum Gasteiger partial charge on any atom is -0.507 e. The summed E-state index contributed by atoms with van der Waals surface area (Å²) >= 11 is 0. The number of aliphatic hydroxyl groups excluding tert-OH is 2. The van der Waals surface area contributed by atoms with Gasteiger partial charge in [0.05, 0.1) is 12.7 Å². The molecule has 1 amide bonds. The number of benzene rings is 2. The summed E-state index contributed by atoms with van der Waals surface area (Å²) in [4.78, 5) is 15.0. The molecule has 2 aromatic carbocycles. The van der Waals surface area contributed by atoms with E-state index in [1.165, 1.54) is 17.2 Å². The number of amides is 1. The molecule has 168 valence electrons. The molecule has 0 saturated carbocycles. The predicted molar refractivity (Wildman–Crippen MR) is 122 cm³/mol. The Morgan fingerprint density at radius 1 is 1.00 bits per heavy atom. The smallest absolute Gasteiger partial charge is 0.276 e. The highest BCUT2D eigenvalue weighted by Gasteiger charge is 2.44. The molecule has 1 saturated heterocycles. The van der Waals surface area contributed by atoms with E-state index < -0.39 is 6.10 Å². The maximum atomic E-state index is 13.3. The molecule has 4 aliphatic rings. The number of rotatable bonds is 0. The summed E-state index contributed by atoms with van der Waals surface area (Å²) in [7, 11) is 0. The van der Waals surface area contributed by atoms with Gasteiger partial charge >= 0.3 is 0 Å². The van der Waals surface area contributed by atoms with Gasteiger partial charge in [-0.15, -0.1) is 0 Å². The Hall–Kier alpha value is -3.55. The molecule has 0 aromatic heterocycles. The largest absolute Gasteiger partial charge is 0.507 e. The summed E-state index contributed by atoms with van der Waals surface area (Å²) in [5, 5.41) is 24.8. The van der Waals surface area contributed by atoms with Crippen molar-refractivity contribution in [3.05, 3.63) is 101 Å². The number of hydrazine groups is 1. The van der Waals surface area contributed by atoms with Crippen LogP contribution in [-0.2, 0) is 17.6 Å². The van der Waals surface area contributed by atoms with Gasteiger partial charge in [-0.25, -0.2) is 0 Å². The van der Waals surface area contributed by atoms with E-state index in [2.05, 4.69) is 29.3 Å². The van der Waals surface area contributed by atoms with E-state index in [0.29, 0.717) is 19.8 Å². The van der Waals surface area contributed by atoms with Crippen LogP contribution in [-0.4, -0.2) is 57.0 Å². The van der Waals surface area contributed by atoms with Crippen LogP contribution < -0.4 is 4.74 Å². The van der Waals surface area contributed by atoms with E-state index in [0.717, 1.165) is 29.7 Å². The number of carbonyl (C=O) groups excluding carboxylic acids is 1. The average molecular weight is 444 g/mol. The van der Waals surface area contributed by atoms with Crippen LogP contribution in [0.5, 0.6) is 5.75 Å². The molecule has 1 fully saturated rings. The van der Waals surface area contributed by atoms with E-state index in [9.17, 15) is 15.0 Å². The molecule has 0 spiro atoms. The second-order valence-corrected chi connectivity index (χ2v) is 8.69. The van der Waals surface area contributed by atoms with Crippen molar-refractivity contribution in [1.29, 1.82) is 0 Å². The molecular formula is C26H25N3O4. The number of aryl methyl sites for hydroxylation is 2. The lowest BCUT2D eigenvalue weighted by Crippen LogP contribution is -2.58. The number of hydrogen-bond donors (Lipinski definition) is 2. The first-order chi connectivity index (χ1) is 16.1. The second kappa shape index (κ2) is 7.79. The molecule has 7 heteroatoms. The molecule has 3 aliphatic heterocycles. The Labute approximate surface area is 192 Å². The van der Waals surface area contributed by atoms with Gasteiger partial charge in [-0.3, -0.25) is 9.80 Å². The van der Waals surface area contributed by atoms with Gasteiger partial charge < -0.3 is 19.8 Å². The van der Waals surface area contributed by atoms with Gasteiger partial charge in [-0.1, -0.05) is 42.5 Å². The van der Waals surface area contributed by atoms with E-state index in [1.54, 1.807) is 16.1 Å². The molecule has 2 bridgehead atoms. The van der Waals surface area contributed by atoms with Crippen LogP contribution in [0.1, 0.15) is 28.3 Å². The van der Waals surface area contributed by atoms with Gasteiger partial charge in [0.1, 0.15) is 18.5 Å². The van der Waals surface area contributed by atoms with Crippen molar-refractivity contribution in [3.63, 3.8) is 0 Å². The number of nitrogens with zero attached hydrogens (tertiary/aromatic N) is 3. The van der Waals surface area contributed by atoms with Crippen molar-refractivity contribution in [2.45, 2.75) is 25.0 Å². The maximum Gasteiger partial charge on any atom is 0.276 e. The lowest BCUT2D eigenvalue weighted by atomic mass is 9.93. The predicted octanol–water partition coefficient (Wildman–Crippen LogP) is 2.80. The van der Waals surface area contributed by atoms with Crippen LogP contribution in [0, 0.1) is 0 Å². The molecule has 6 rings (SSSR count). The van der Waals surface area contributed by atoms with Crippen molar-refractivity contribution in [2.24, 2.45) is 0 Å². The average Bonchev–Trinajstić information content (AvgIpc) is 3.01. The third-order valence-electron chi connectivity index (χ3n) is 6.81. The summed E-state index contributed by atoms with van der Waals surface area (Å²) in [5.41, 5.74) is 4.76. The van der Waals surface area contributed by atoms with Gasteiger partial charge in [0.25, 0.3) is 5.91 Å². The molecule has 7 nitrogen and oxygen atoms in total. The standard InChI is InChI=1S/C26H25N3O4/c30-20-12-14-28-24(25(20)31)26(32)27-13-3-4-15-33-21-9-5-7-18-11-10-17-6-1-2-8-19(17)23(22(18)21)29(28)16-27/h1-9,12,14,20,23,30-31H,10-11,13,15-16H2/b4-3-/t20?,23-/m0/s1. The lowest BCUT2D eigenvalue weighted by Gasteiger charge is -2.49. The third kappa shape index (κ3) is 3.15. The zero-order valence-electron chi connectivity index (χ0n) is 18.1. The van der Waals surface area contributed by atoms with E-state index in [1.807, 2.05) is 30.4 Å². The van der Waals surface area contributed by atoms with Crippen LogP contribution in [0.2, 0.25) is 0 Å². The van der Waals surface area contributed by atoms with E-state index in [-0.39, 0.29) is 23.4 Å². The molecule has 0 radical (unpaired) electrons. The zero-order valence-corrected chi connectivity index (χ0v) is 18.1. The Balaban J connectivity index is 1.62. The van der Waals surface area contributed by atoms with Crippen LogP contribution in [0.15, 0.2) is 78.3 Å². The van der Waals surface area contributed by atoms with E-state index >= 15 is 0 Å². The van der Waals surface area contributed by atoms with Gasteiger partial charge in [0, 0.05) is 18.3 Å². The summed E-state index contributed by atoms with van der Waals surface area (Å²) in [6, 6.07) is 14.3. The number of hydrogen-bond acceptors (Lipinski definition) is 6. The topological polar surface area (TPSA) is 76.5 Å². The highest BCUT2D eigenvalue weighted by atomic mass is 16.5. The molecule has 3 heterocycles. The van der Waals surface area contributed by atoms with Gasteiger partial charge in [0.2, 0.25) is 0 Å². The number of fused-ring (bicyclic) bond motifs is 7. The van der Waals surface area contributed by atoms with Crippen LogP contribution in [0.3, 0.4) is 0 Å².